The van der Waals surface area contributed by atoms with Crippen LogP contribution in [-0.4, -0.2) is 17.5 Å². The maximum atomic E-state index is 11.4. The van der Waals surface area contributed by atoms with E-state index in [4.69, 9.17) is 27.0 Å². The summed E-state index contributed by atoms with van der Waals surface area (Å²) in [6.07, 6.45) is 0. The smallest absolute Gasteiger partial charge is 0.225 e. The number of thioether (sulfide) groups is 1. The third kappa shape index (κ3) is 8.02. The van der Waals surface area contributed by atoms with E-state index in [1.807, 2.05) is 20.8 Å². The van der Waals surface area contributed by atoms with Crippen molar-refractivity contribution in [1.29, 1.82) is 0 Å². The van der Waals surface area contributed by atoms with Gasteiger partial charge in [-0.05, 0) is 22.5 Å². The minimum atomic E-state index is -1.34. The van der Waals surface area contributed by atoms with Gasteiger partial charge in [-0.1, -0.05) is 32.5 Å². The molecule has 0 atom stereocenters. The first-order chi connectivity index (χ1) is 5.84. The molecular weight excluding hydrogens is 250 g/mol. The molecule has 0 aliphatic rings. The summed E-state index contributed by atoms with van der Waals surface area (Å²) < 4.78 is 4.93. The van der Waals surface area contributed by atoms with Gasteiger partial charge in [-0.3, -0.25) is 4.79 Å². The standard InChI is InChI=1S/C7H13Cl2O2PS/c1-7(2,3)6(10)13-5-4-11-12(8)9/h4-5H2,1-3H3. The van der Waals surface area contributed by atoms with Crippen molar-refractivity contribution in [2.24, 2.45) is 5.41 Å². The zero-order valence-corrected chi connectivity index (χ0v) is 11.1. The summed E-state index contributed by atoms with van der Waals surface area (Å²) in [5.74, 6) is 0.606. The van der Waals surface area contributed by atoms with Crippen molar-refractivity contribution < 1.29 is 9.32 Å². The molecule has 0 heterocycles. The van der Waals surface area contributed by atoms with Crippen molar-refractivity contribution in [3.8, 4) is 0 Å². The normalized spacial score (nSPS) is 12.2. The van der Waals surface area contributed by atoms with Crippen LogP contribution in [0.2, 0.25) is 0 Å². The van der Waals surface area contributed by atoms with Gasteiger partial charge in [0.2, 0.25) is 6.85 Å². The highest BCUT2D eigenvalue weighted by Crippen LogP contribution is 2.47. The average molecular weight is 263 g/mol. The van der Waals surface area contributed by atoms with Crippen LogP contribution in [0.3, 0.4) is 0 Å². The van der Waals surface area contributed by atoms with Crippen LogP contribution in [0.15, 0.2) is 0 Å². The van der Waals surface area contributed by atoms with Crippen molar-refractivity contribution in [1.82, 2.24) is 0 Å². The lowest BCUT2D eigenvalue weighted by Gasteiger charge is -2.15. The van der Waals surface area contributed by atoms with E-state index in [2.05, 4.69) is 0 Å². The minimum absolute atomic E-state index is 0.157. The van der Waals surface area contributed by atoms with E-state index < -0.39 is 6.85 Å². The molecule has 13 heavy (non-hydrogen) atoms. The van der Waals surface area contributed by atoms with Crippen LogP contribution >= 0.6 is 41.1 Å². The average Bonchev–Trinajstić information content (AvgIpc) is 1.95. The van der Waals surface area contributed by atoms with Crippen molar-refractivity contribution in [2.45, 2.75) is 20.8 Å². The molecule has 0 spiro atoms. The molecule has 0 saturated carbocycles. The van der Waals surface area contributed by atoms with Gasteiger partial charge in [-0.2, -0.15) is 0 Å². The molecule has 0 N–H and O–H groups in total. The first-order valence-electron chi connectivity index (χ1n) is 3.76. The van der Waals surface area contributed by atoms with Crippen LogP contribution in [0, 0.1) is 5.41 Å². The summed E-state index contributed by atoms with van der Waals surface area (Å²) in [6, 6.07) is 0. The number of halogens is 2. The van der Waals surface area contributed by atoms with Crippen LogP contribution in [-0.2, 0) is 9.32 Å². The second-order valence-corrected chi connectivity index (χ2v) is 7.51. The summed E-state index contributed by atoms with van der Waals surface area (Å²) in [4.78, 5) is 11.4. The highest BCUT2D eigenvalue weighted by molar-refractivity contribution is 8.13. The molecule has 0 aliphatic heterocycles. The number of carbonyl (C=O) groups is 1. The van der Waals surface area contributed by atoms with Gasteiger partial charge in [-0.15, -0.1) is 0 Å². The maximum absolute atomic E-state index is 11.4. The first-order valence-corrected chi connectivity index (χ1v) is 7.81. The predicted molar refractivity (Wildman–Crippen MR) is 61.5 cm³/mol. The Morgan fingerprint density at radius 3 is 2.38 bits per heavy atom. The summed E-state index contributed by atoms with van der Waals surface area (Å²) in [5, 5.41) is 0.157. The van der Waals surface area contributed by atoms with E-state index in [9.17, 15) is 4.79 Å². The molecule has 0 rings (SSSR count). The number of carbonyl (C=O) groups excluding carboxylic acids is 1. The Bertz CT molecular complexity index is 170. The van der Waals surface area contributed by atoms with Crippen molar-refractivity contribution in [3.05, 3.63) is 0 Å². The zero-order valence-electron chi connectivity index (χ0n) is 7.84. The predicted octanol–water partition coefficient (Wildman–Crippen LogP) is 4.01. The molecule has 0 aromatic heterocycles. The van der Waals surface area contributed by atoms with Crippen molar-refractivity contribution >= 4 is 46.2 Å². The summed E-state index contributed by atoms with van der Waals surface area (Å²) >= 11 is 12.0. The zero-order chi connectivity index (χ0) is 10.5. The number of rotatable bonds is 4. The number of hydrogen-bond acceptors (Lipinski definition) is 3. The maximum Gasteiger partial charge on any atom is 0.225 e. The Hall–Kier alpha value is 0.990. The Morgan fingerprint density at radius 1 is 1.46 bits per heavy atom. The van der Waals surface area contributed by atoms with E-state index in [0.717, 1.165) is 0 Å². The van der Waals surface area contributed by atoms with E-state index in [1.54, 1.807) is 0 Å². The second-order valence-electron chi connectivity index (χ2n) is 3.42. The minimum Gasteiger partial charge on any atom is -0.331 e. The van der Waals surface area contributed by atoms with Gasteiger partial charge in [0, 0.05) is 11.2 Å². The monoisotopic (exact) mass is 262 g/mol. The molecule has 2 nitrogen and oxygen atoms in total. The summed E-state index contributed by atoms with van der Waals surface area (Å²) in [5.41, 5.74) is -0.294. The fourth-order valence-electron chi connectivity index (χ4n) is 0.457. The van der Waals surface area contributed by atoms with Crippen LogP contribution in [0.25, 0.3) is 0 Å². The van der Waals surface area contributed by atoms with Crippen molar-refractivity contribution in [2.75, 3.05) is 12.4 Å². The van der Waals surface area contributed by atoms with Gasteiger partial charge in [0.1, 0.15) is 0 Å². The first kappa shape index (κ1) is 14.0. The third-order valence-electron chi connectivity index (χ3n) is 1.12. The lowest BCUT2D eigenvalue weighted by molar-refractivity contribution is -0.117. The molecule has 78 valence electrons. The molecule has 0 bridgehead atoms. The van der Waals surface area contributed by atoms with Gasteiger partial charge in [0.25, 0.3) is 0 Å². The Kier molecular flexibility index (Phi) is 6.96. The fraction of sp³-hybridized carbons (Fsp3) is 0.857. The second kappa shape index (κ2) is 6.47. The molecule has 0 fully saturated rings. The molecule has 0 radical (unpaired) electrons. The molecule has 0 aromatic rings. The van der Waals surface area contributed by atoms with E-state index in [-0.39, 0.29) is 10.5 Å². The van der Waals surface area contributed by atoms with Crippen LogP contribution in [0.4, 0.5) is 0 Å². The van der Waals surface area contributed by atoms with Crippen LogP contribution in [0.5, 0.6) is 0 Å². The van der Waals surface area contributed by atoms with Gasteiger partial charge < -0.3 is 4.52 Å². The molecule has 6 heteroatoms. The van der Waals surface area contributed by atoms with Gasteiger partial charge in [-0.25, -0.2) is 0 Å². The molecule has 0 unspecified atom stereocenters. The van der Waals surface area contributed by atoms with Crippen LogP contribution < -0.4 is 0 Å². The molecule has 0 aliphatic carbocycles. The SMILES string of the molecule is CC(C)(C)C(=O)SCCOP(Cl)Cl. The fourth-order valence-corrected chi connectivity index (χ4v) is 2.01. The quantitative estimate of drug-likeness (QED) is 0.566. The summed E-state index contributed by atoms with van der Waals surface area (Å²) in [7, 11) is 0. The van der Waals surface area contributed by atoms with Gasteiger partial charge in [0.15, 0.2) is 5.12 Å². The Morgan fingerprint density at radius 2 is 2.00 bits per heavy atom. The lowest BCUT2D eigenvalue weighted by atomic mass is 10.00. The van der Waals surface area contributed by atoms with E-state index in [1.165, 1.54) is 11.8 Å². The number of hydrogen-bond donors (Lipinski definition) is 0. The topological polar surface area (TPSA) is 26.3 Å². The lowest BCUT2D eigenvalue weighted by Crippen LogP contribution is -2.17. The van der Waals surface area contributed by atoms with E-state index >= 15 is 0 Å². The largest absolute Gasteiger partial charge is 0.331 e. The Balaban J connectivity index is 3.49. The van der Waals surface area contributed by atoms with Gasteiger partial charge in [0.05, 0.1) is 6.61 Å². The van der Waals surface area contributed by atoms with Gasteiger partial charge >= 0.3 is 0 Å². The Labute approximate surface area is 94.1 Å². The highest BCUT2D eigenvalue weighted by Gasteiger charge is 2.21. The third-order valence-corrected chi connectivity index (χ3v) is 3.33. The van der Waals surface area contributed by atoms with Crippen LogP contribution in [0.1, 0.15) is 20.8 Å². The molecular formula is C7H13Cl2O2PS. The summed E-state index contributed by atoms with van der Waals surface area (Å²) in [6.45, 7) is 4.75. The molecule has 0 amide bonds. The molecule has 0 saturated heterocycles. The van der Waals surface area contributed by atoms with E-state index in [0.29, 0.717) is 12.4 Å². The highest BCUT2D eigenvalue weighted by atomic mass is 35.9. The molecule has 0 aromatic carbocycles. The van der Waals surface area contributed by atoms with Crippen molar-refractivity contribution in [3.63, 3.8) is 0 Å².